The highest BCUT2D eigenvalue weighted by molar-refractivity contribution is 7.89. The van der Waals surface area contributed by atoms with Crippen LogP contribution in [0.3, 0.4) is 0 Å². The van der Waals surface area contributed by atoms with E-state index >= 15 is 0 Å². The van der Waals surface area contributed by atoms with Crippen LogP contribution in [0, 0.1) is 10.1 Å². The first-order valence-electron chi connectivity index (χ1n) is 9.86. The standard InChI is InChI=1S/C20H26ClN5O4S/c1-23(2)9-8-22-31(29,30)18-6-7-19(20(15-18)26(27)28)25-12-10-24(11-13-25)17-5-3-4-16(21)14-17/h3-7,14-15,22H,8-13H2,1-2H3. The van der Waals surface area contributed by atoms with E-state index in [1.807, 2.05) is 48.2 Å². The SMILES string of the molecule is CN(C)CCNS(=O)(=O)c1ccc(N2CCN(c3cccc(Cl)c3)CC2)c([N+](=O)[O-])c1. The first kappa shape index (κ1) is 23.3. The average molecular weight is 468 g/mol. The van der Waals surface area contributed by atoms with Crippen molar-refractivity contribution in [1.82, 2.24) is 9.62 Å². The van der Waals surface area contributed by atoms with Gasteiger partial charge in [0.1, 0.15) is 5.69 Å². The van der Waals surface area contributed by atoms with Gasteiger partial charge in [0.25, 0.3) is 5.69 Å². The Morgan fingerprint density at radius 2 is 1.77 bits per heavy atom. The monoisotopic (exact) mass is 467 g/mol. The molecule has 2 aromatic rings. The maximum absolute atomic E-state index is 12.5. The van der Waals surface area contributed by atoms with Gasteiger partial charge >= 0.3 is 0 Å². The lowest BCUT2D eigenvalue weighted by molar-refractivity contribution is -0.384. The molecule has 1 heterocycles. The summed E-state index contributed by atoms with van der Waals surface area (Å²) in [6, 6.07) is 11.7. The van der Waals surface area contributed by atoms with Crippen molar-refractivity contribution in [2.75, 3.05) is 63.2 Å². The maximum atomic E-state index is 12.5. The number of anilines is 2. The molecule has 1 N–H and O–H groups in total. The van der Waals surface area contributed by atoms with Crippen LogP contribution in [0.2, 0.25) is 5.02 Å². The molecule has 1 saturated heterocycles. The van der Waals surface area contributed by atoms with Gasteiger partial charge in [-0.1, -0.05) is 17.7 Å². The van der Waals surface area contributed by atoms with Crippen LogP contribution in [0.4, 0.5) is 17.1 Å². The Labute approximate surface area is 187 Å². The van der Waals surface area contributed by atoms with Gasteiger partial charge in [0.15, 0.2) is 0 Å². The van der Waals surface area contributed by atoms with Gasteiger partial charge in [0.05, 0.1) is 9.82 Å². The molecular weight excluding hydrogens is 442 g/mol. The van der Waals surface area contributed by atoms with Crippen molar-refractivity contribution in [3.8, 4) is 0 Å². The quantitative estimate of drug-likeness (QED) is 0.470. The Kier molecular flexibility index (Phi) is 7.37. The van der Waals surface area contributed by atoms with E-state index in [4.69, 9.17) is 11.6 Å². The van der Waals surface area contributed by atoms with Gasteiger partial charge in [0, 0.05) is 56.0 Å². The number of piperazine rings is 1. The molecule has 1 aliphatic rings. The van der Waals surface area contributed by atoms with Crippen LogP contribution in [0.1, 0.15) is 0 Å². The van der Waals surface area contributed by atoms with Crippen molar-refractivity contribution in [2.45, 2.75) is 4.90 Å². The van der Waals surface area contributed by atoms with Crippen molar-refractivity contribution in [1.29, 1.82) is 0 Å². The minimum absolute atomic E-state index is 0.112. The van der Waals surface area contributed by atoms with Crippen LogP contribution in [-0.2, 0) is 10.0 Å². The second kappa shape index (κ2) is 9.82. The molecule has 31 heavy (non-hydrogen) atoms. The Hall–Kier alpha value is -2.40. The number of halogens is 1. The molecule has 0 atom stereocenters. The third-order valence-electron chi connectivity index (χ3n) is 5.10. The summed E-state index contributed by atoms with van der Waals surface area (Å²) in [4.78, 5) is 17.0. The summed E-state index contributed by atoms with van der Waals surface area (Å²) in [7, 11) is -0.162. The number of nitrogens with zero attached hydrogens (tertiary/aromatic N) is 4. The van der Waals surface area contributed by atoms with Crippen LogP contribution in [0.5, 0.6) is 0 Å². The fraction of sp³-hybridized carbons (Fsp3) is 0.400. The van der Waals surface area contributed by atoms with Gasteiger partial charge < -0.3 is 14.7 Å². The van der Waals surface area contributed by atoms with E-state index < -0.39 is 14.9 Å². The third kappa shape index (κ3) is 5.85. The lowest BCUT2D eigenvalue weighted by atomic mass is 10.2. The van der Waals surface area contributed by atoms with Crippen molar-refractivity contribution < 1.29 is 13.3 Å². The summed E-state index contributed by atoms with van der Waals surface area (Å²) < 4.78 is 27.5. The predicted molar refractivity (Wildman–Crippen MR) is 123 cm³/mol. The lowest BCUT2D eigenvalue weighted by Gasteiger charge is -2.37. The van der Waals surface area contributed by atoms with Gasteiger partial charge in [-0.15, -0.1) is 0 Å². The van der Waals surface area contributed by atoms with E-state index in [-0.39, 0.29) is 17.1 Å². The van der Waals surface area contributed by atoms with Gasteiger partial charge in [-0.05, 0) is 44.4 Å². The van der Waals surface area contributed by atoms with Crippen molar-refractivity contribution in [2.24, 2.45) is 0 Å². The Morgan fingerprint density at radius 1 is 1.10 bits per heavy atom. The number of hydrogen-bond donors (Lipinski definition) is 1. The van der Waals surface area contributed by atoms with Crippen molar-refractivity contribution in [3.63, 3.8) is 0 Å². The molecule has 1 aliphatic heterocycles. The molecule has 0 radical (unpaired) electrons. The average Bonchev–Trinajstić information content (AvgIpc) is 2.73. The Bertz CT molecular complexity index is 1040. The molecule has 0 aromatic heterocycles. The zero-order valence-electron chi connectivity index (χ0n) is 17.5. The summed E-state index contributed by atoms with van der Waals surface area (Å²) in [6.45, 7) is 3.22. The Morgan fingerprint density at radius 3 is 2.39 bits per heavy atom. The first-order chi connectivity index (χ1) is 14.7. The zero-order valence-corrected chi connectivity index (χ0v) is 19.1. The topological polar surface area (TPSA) is 99.0 Å². The highest BCUT2D eigenvalue weighted by Gasteiger charge is 2.26. The summed E-state index contributed by atoms with van der Waals surface area (Å²) in [5.74, 6) is 0. The second-order valence-electron chi connectivity index (χ2n) is 7.56. The maximum Gasteiger partial charge on any atom is 0.293 e. The fourth-order valence-corrected chi connectivity index (χ4v) is 4.67. The normalized spacial score (nSPS) is 14.8. The van der Waals surface area contributed by atoms with Crippen molar-refractivity contribution in [3.05, 3.63) is 57.6 Å². The summed E-state index contributed by atoms with van der Waals surface area (Å²) in [6.07, 6.45) is 0. The highest BCUT2D eigenvalue weighted by Crippen LogP contribution is 2.32. The van der Waals surface area contributed by atoms with Crippen LogP contribution in [0.15, 0.2) is 47.4 Å². The molecule has 0 bridgehead atoms. The number of hydrogen-bond acceptors (Lipinski definition) is 7. The van der Waals surface area contributed by atoms with E-state index in [1.54, 1.807) is 0 Å². The number of sulfonamides is 1. The number of benzene rings is 2. The number of rotatable bonds is 8. The van der Waals surface area contributed by atoms with Crippen LogP contribution in [-0.4, -0.2) is 71.6 Å². The molecule has 0 saturated carbocycles. The molecule has 0 aliphatic carbocycles. The summed E-state index contributed by atoms with van der Waals surface area (Å²) in [5, 5.41) is 12.4. The molecule has 0 unspecified atom stereocenters. The Balaban J connectivity index is 1.75. The van der Waals surface area contributed by atoms with Crippen molar-refractivity contribution >= 4 is 38.7 Å². The smallest absolute Gasteiger partial charge is 0.293 e. The summed E-state index contributed by atoms with van der Waals surface area (Å²) >= 11 is 6.07. The predicted octanol–water partition coefficient (Wildman–Crippen LogP) is 2.41. The molecule has 0 amide bonds. The number of nitrogens with one attached hydrogen (secondary N) is 1. The summed E-state index contributed by atoms with van der Waals surface area (Å²) in [5.41, 5.74) is 1.21. The number of nitro benzene ring substituents is 1. The van der Waals surface area contributed by atoms with Gasteiger partial charge in [-0.3, -0.25) is 10.1 Å². The van der Waals surface area contributed by atoms with Crippen LogP contribution < -0.4 is 14.5 Å². The van der Waals surface area contributed by atoms with E-state index in [2.05, 4.69) is 9.62 Å². The highest BCUT2D eigenvalue weighted by atomic mass is 35.5. The zero-order chi connectivity index (χ0) is 22.6. The minimum Gasteiger partial charge on any atom is -0.368 e. The van der Waals surface area contributed by atoms with E-state index in [0.29, 0.717) is 43.4 Å². The van der Waals surface area contributed by atoms with E-state index in [9.17, 15) is 18.5 Å². The van der Waals surface area contributed by atoms with E-state index in [1.165, 1.54) is 12.1 Å². The first-order valence-corrected chi connectivity index (χ1v) is 11.7. The van der Waals surface area contributed by atoms with Gasteiger partial charge in [0.2, 0.25) is 10.0 Å². The second-order valence-corrected chi connectivity index (χ2v) is 9.77. The minimum atomic E-state index is -3.83. The lowest BCUT2D eigenvalue weighted by Crippen LogP contribution is -2.46. The third-order valence-corrected chi connectivity index (χ3v) is 6.79. The molecule has 11 heteroatoms. The molecule has 1 fully saturated rings. The molecule has 9 nitrogen and oxygen atoms in total. The number of likely N-dealkylation sites (N-methyl/N-ethyl adjacent to an activating group) is 1. The van der Waals surface area contributed by atoms with Gasteiger partial charge in [-0.25, -0.2) is 13.1 Å². The molecule has 0 spiro atoms. The molecular formula is C20H26ClN5O4S. The molecule has 3 rings (SSSR count). The molecule has 168 valence electrons. The van der Waals surface area contributed by atoms with E-state index in [0.717, 1.165) is 11.8 Å². The molecule has 2 aromatic carbocycles. The van der Waals surface area contributed by atoms with Gasteiger partial charge in [-0.2, -0.15) is 0 Å². The van der Waals surface area contributed by atoms with Crippen LogP contribution >= 0.6 is 11.6 Å². The van der Waals surface area contributed by atoms with Crippen LogP contribution in [0.25, 0.3) is 0 Å². The fourth-order valence-electron chi connectivity index (χ4n) is 3.45. The number of nitro groups is 1. The largest absolute Gasteiger partial charge is 0.368 e.